The van der Waals surface area contributed by atoms with Crippen LogP contribution in [0.5, 0.6) is 11.5 Å². The van der Waals surface area contributed by atoms with Crippen LogP contribution in [0.1, 0.15) is 20.8 Å². The van der Waals surface area contributed by atoms with Gasteiger partial charge < -0.3 is 9.47 Å². The summed E-state index contributed by atoms with van der Waals surface area (Å²) in [4.78, 5) is 0. The Morgan fingerprint density at radius 1 is 1.33 bits per heavy atom. The van der Waals surface area contributed by atoms with Gasteiger partial charge in [0.05, 0.1) is 23.9 Å². The molecule has 0 saturated carbocycles. The van der Waals surface area contributed by atoms with Crippen molar-refractivity contribution in [2.75, 3.05) is 19.5 Å². The van der Waals surface area contributed by atoms with Crippen LogP contribution >= 0.6 is 15.9 Å². The molecule has 2 N–H and O–H groups in total. The van der Waals surface area contributed by atoms with Crippen molar-refractivity contribution in [1.29, 1.82) is 0 Å². The van der Waals surface area contributed by atoms with Gasteiger partial charge in [0.2, 0.25) is 10.0 Å². The zero-order chi connectivity index (χ0) is 16.3. The molecular weight excluding hydrogens is 358 g/mol. The number of primary sulfonamides is 1. The molecule has 7 heteroatoms. The number of sulfonamides is 1. The Hall–Kier alpha value is -0.790. The molecule has 0 aromatic heterocycles. The van der Waals surface area contributed by atoms with E-state index < -0.39 is 10.0 Å². The molecule has 0 radical (unpaired) electrons. The van der Waals surface area contributed by atoms with Gasteiger partial charge in [-0.05, 0) is 39.5 Å². The summed E-state index contributed by atoms with van der Waals surface area (Å²) >= 11 is 3.40. The van der Waals surface area contributed by atoms with E-state index in [9.17, 15) is 8.42 Å². The second kappa shape index (κ2) is 6.98. The van der Waals surface area contributed by atoms with Crippen LogP contribution in [0.3, 0.4) is 0 Å². The molecule has 1 atom stereocenters. The number of hydrogen-bond donors (Lipinski definition) is 1. The first-order valence-corrected chi connectivity index (χ1v) is 9.00. The van der Waals surface area contributed by atoms with Crippen molar-refractivity contribution in [3.8, 4) is 11.5 Å². The molecule has 1 aromatic carbocycles. The van der Waals surface area contributed by atoms with Crippen LogP contribution in [-0.2, 0) is 10.0 Å². The molecule has 21 heavy (non-hydrogen) atoms. The molecule has 0 amide bonds. The molecule has 5 nitrogen and oxygen atoms in total. The minimum Gasteiger partial charge on any atom is -0.497 e. The normalized spacial score (nSPS) is 13.8. The summed E-state index contributed by atoms with van der Waals surface area (Å²) in [5.74, 6) is 1.04. The predicted molar refractivity (Wildman–Crippen MR) is 87.1 cm³/mol. The lowest BCUT2D eigenvalue weighted by Crippen LogP contribution is -2.35. The van der Waals surface area contributed by atoms with Crippen LogP contribution in [0, 0.1) is 11.3 Å². The average Bonchev–Trinajstić information content (AvgIpc) is 2.33. The van der Waals surface area contributed by atoms with E-state index in [2.05, 4.69) is 15.9 Å². The third kappa shape index (κ3) is 6.23. The van der Waals surface area contributed by atoms with Crippen molar-refractivity contribution in [1.82, 2.24) is 0 Å². The molecule has 0 aliphatic rings. The van der Waals surface area contributed by atoms with E-state index in [0.717, 1.165) is 4.47 Å². The van der Waals surface area contributed by atoms with Crippen molar-refractivity contribution in [3.63, 3.8) is 0 Å². The second-order valence-electron chi connectivity index (χ2n) is 6.00. The van der Waals surface area contributed by atoms with Crippen LogP contribution < -0.4 is 14.6 Å². The Morgan fingerprint density at radius 3 is 2.38 bits per heavy atom. The molecular formula is C14H22BrNO4S. The summed E-state index contributed by atoms with van der Waals surface area (Å²) in [7, 11) is -1.96. The maximum absolute atomic E-state index is 11.3. The Kier molecular flexibility index (Phi) is 6.07. The van der Waals surface area contributed by atoms with E-state index in [0.29, 0.717) is 11.5 Å². The molecule has 0 spiro atoms. The summed E-state index contributed by atoms with van der Waals surface area (Å²) in [6, 6.07) is 5.35. The molecule has 120 valence electrons. The van der Waals surface area contributed by atoms with Crippen molar-refractivity contribution in [3.05, 3.63) is 22.7 Å². The number of nitrogens with two attached hydrogens (primary N) is 1. The SMILES string of the molecule is COc1ccc(OCC(CS(N)(=O)=O)C(C)(C)C)c(Br)c1. The smallest absolute Gasteiger partial charge is 0.209 e. The van der Waals surface area contributed by atoms with Crippen LogP contribution in [0.2, 0.25) is 0 Å². The first-order valence-electron chi connectivity index (χ1n) is 6.50. The summed E-state index contributed by atoms with van der Waals surface area (Å²) in [6.45, 7) is 6.17. The maximum Gasteiger partial charge on any atom is 0.209 e. The van der Waals surface area contributed by atoms with Gasteiger partial charge in [-0.25, -0.2) is 13.6 Å². The zero-order valence-electron chi connectivity index (χ0n) is 12.7. The molecule has 0 bridgehead atoms. The van der Waals surface area contributed by atoms with Gasteiger partial charge in [-0.3, -0.25) is 0 Å². The van der Waals surface area contributed by atoms with E-state index in [-0.39, 0.29) is 23.7 Å². The molecule has 0 aliphatic carbocycles. The van der Waals surface area contributed by atoms with E-state index in [1.165, 1.54) is 0 Å². The van der Waals surface area contributed by atoms with Crippen LogP contribution in [-0.4, -0.2) is 27.9 Å². The molecule has 0 aliphatic heterocycles. The topological polar surface area (TPSA) is 78.6 Å². The van der Waals surface area contributed by atoms with Gasteiger partial charge >= 0.3 is 0 Å². The fourth-order valence-electron chi connectivity index (χ4n) is 1.74. The highest BCUT2D eigenvalue weighted by atomic mass is 79.9. The van der Waals surface area contributed by atoms with Crippen LogP contribution in [0.25, 0.3) is 0 Å². The molecule has 0 saturated heterocycles. The van der Waals surface area contributed by atoms with Gasteiger partial charge in [-0.1, -0.05) is 20.8 Å². The third-order valence-corrected chi connectivity index (χ3v) is 4.72. The number of halogens is 1. The van der Waals surface area contributed by atoms with Crippen LogP contribution in [0.4, 0.5) is 0 Å². The van der Waals surface area contributed by atoms with Gasteiger partial charge in [0, 0.05) is 5.92 Å². The van der Waals surface area contributed by atoms with Crippen LogP contribution in [0.15, 0.2) is 22.7 Å². The van der Waals surface area contributed by atoms with Gasteiger partial charge in [-0.15, -0.1) is 0 Å². The van der Waals surface area contributed by atoms with E-state index in [4.69, 9.17) is 14.6 Å². The highest BCUT2D eigenvalue weighted by Crippen LogP contribution is 2.32. The largest absolute Gasteiger partial charge is 0.497 e. The Labute approximate surface area is 135 Å². The molecule has 0 fully saturated rings. The number of hydrogen-bond acceptors (Lipinski definition) is 4. The van der Waals surface area contributed by atoms with E-state index >= 15 is 0 Å². The highest BCUT2D eigenvalue weighted by Gasteiger charge is 2.29. The third-order valence-electron chi connectivity index (χ3n) is 3.24. The van der Waals surface area contributed by atoms with E-state index in [1.54, 1.807) is 25.3 Å². The lowest BCUT2D eigenvalue weighted by Gasteiger charge is -2.30. The Morgan fingerprint density at radius 2 is 1.95 bits per heavy atom. The molecule has 0 heterocycles. The maximum atomic E-state index is 11.3. The predicted octanol–water partition coefficient (Wildman–Crippen LogP) is 2.79. The number of ether oxygens (including phenoxy) is 2. The molecule has 1 rings (SSSR count). The van der Waals surface area contributed by atoms with Crippen molar-refractivity contribution in [2.45, 2.75) is 20.8 Å². The fourth-order valence-corrected chi connectivity index (χ4v) is 3.37. The first kappa shape index (κ1) is 18.3. The average molecular weight is 380 g/mol. The van der Waals surface area contributed by atoms with Gasteiger partial charge in [0.15, 0.2) is 0 Å². The molecule has 1 unspecified atom stereocenters. The second-order valence-corrected chi connectivity index (χ2v) is 8.51. The summed E-state index contributed by atoms with van der Waals surface area (Å²) in [5.41, 5.74) is -0.231. The number of rotatable bonds is 6. The fraction of sp³-hybridized carbons (Fsp3) is 0.571. The Bertz CT molecular complexity index is 581. The van der Waals surface area contributed by atoms with Gasteiger partial charge in [-0.2, -0.15) is 0 Å². The van der Waals surface area contributed by atoms with E-state index in [1.807, 2.05) is 20.8 Å². The summed E-state index contributed by atoms with van der Waals surface area (Å²) < 4.78 is 34.3. The van der Waals surface area contributed by atoms with Gasteiger partial charge in [0.1, 0.15) is 11.5 Å². The lowest BCUT2D eigenvalue weighted by atomic mass is 9.82. The number of methoxy groups -OCH3 is 1. The highest BCUT2D eigenvalue weighted by molar-refractivity contribution is 9.10. The summed E-state index contributed by atoms with van der Waals surface area (Å²) in [6.07, 6.45) is 0. The monoisotopic (exact) mass is 379 g/mol. The zero-order valence-corrected chi connectivity index (χ0v) is 15.1. The van der Waals surface area contributed by atoms with Gasteiger partial charge in [0.25, 0.3) is 0 Å². The standard InChI is InChI=1S/C14H22BrNO4S/c1-14(2,3)10(9-21(16,17)18)8-20-13-6-5-11(19-4)7-12(13)15/h5-7,10H,8-9H2,1-4H3,(H2,16,17,18). The quantitative estimate of drug-likeness (QED) is 0.823. The summed E-state index contributed by atoms with van der Waals surface area (Å²) in [5, 5.41) is 5.16. The van der Waals surface area contributed by atoms with Crippen molar-refractivity contribution < 1.29 is 17.9 Å². The van der Waals surface area contributed by atoms with Crippen molar-refractivity contribution >= 4 is 26.0 Å². The molecule has 1 aromatic rings. The lowest BCUT2D eigenvalue weighted by molar-refractivity contribution is 0.162. The first-order chi connectivity index (χ1) is 9.53. The minimum atomic E-state index is -3.54. The Balaban J connectivity index is 2.82. The number of benzene rings is 1. The minimum absolute atomic E-state index is 0.107. The van der Waals surface area contributed by atoms with Crippen molar-refractivity contribution in [2.24, 2.45) is 16.5 Å².